The molecule has 1 aromatic carbocycles. The third-order valence-corrected chi connectivity index (χ3v) is 2.49. The van der Waals surface area contributed by atoms with Gasteiger partial charge in [0.25, 0.3) is 0 Å². The van der Waals surface area contributed by atoms with Crippen molar-refractivity contribution >= 4 is 17.3 Å². The molecule has 0 heterocycles. The van der Waals surface area contributed by atoms with Crippen LogP contribution in [0.25, 0.3) is 0 Å². The van der Waals surface area contributed by atoms with Gasteiger partial charge in [0.1, 0.15) is 0 Å². The SMILES string of the molecule is CCOC(=O)c1ccc(N(C)CC(C)O)c(N)c1. The zero-order valence-electron chi connectivity index (χ0n) is 11.0. The fourth-order valence-electron chi connectivity index (χ4n) is 1.74. The van der Waals surface area contributed by atoms with Crippen LogP contribution in [0.15, 0.2) is 18.2 Å². The van der Waals surface area contributed by atoms with E-state index in [-0.39, 0.29) is 5.97 Å². The quantitative estimate of drug-likeness (QED) is 0.609. The summed E-state index contributed by atoms with van der Waals surface area (Å²) in [6, 6.07) is 5.01. The number of hydrogen-bond acceptors (Lipinski definition) is 5. The molecule has 5 nitrogen and oxygen atoms in total. The van der Waals surface area contributed by atoms with Crippen molar-refractivity contribution in [1.29, 1.82) is 0 Å². The summed E-state index contributed by atoms with van der Waals surface area (Å²) in [5, 5.41) is 9.33. The van der Waals surface area contributed by atoms with Gasteiger partial charge in [0.05, 0.1) is 29.6 Å². The predicted octanol–water partition coefficient (Wildman–Crippen LogP) is 1.26. The van der Waals surface area contributed by atoms with Crippen LogP contribution in [0, 0.1) is 0 Å². The highest BCUT2D eigenvalue weighted by Gasteiger charge is 2.12. The highest BCUT2D eigenvalue weighted by molar-refractivity contribution is 5.92. The molecule has 0 saturated carbocycles. The van der Waals surface area contributed by atoms with Crippen molar-refractivity contribution in [3.8, 4) is 0 Å². The van der Waals surface area contributed by atoms with Gasteiger partial charge in [-0.3, -0.25) is 0 Å². The topological polar surface area (TPSA) is 75.8 Å². The van der Waals surface area contributed by atoms with Gasteiger partial charge in [-0.1, -0.05) is 0 Å². The molecule has 1 aromatic rings. The Labute approximate surface area is 107 Å². The lowest BCUT2D eigenvalue weighted by atomic mass is 10.1. The summed E-state index contributed by atoms with van der Waals surface area (Å²) in [5.74, 6) is -0.381. The number of esters is 1. The van der Waals surface area contributed by atoms with Crippen LogP contribution in [-0.2, 0) is 4.74 Å². The van der Waals surface area contributed by atoms with Crippen molar-refractivity contribution in [2.24, 2.45) is 0 Å². The summed E-state index contributed by atoms with van der Waals surface area (Å²) >= 11 is 0. The molecular weight excluding hydrogens is 232 g/mol. The van der Waals surface area contributed by atoms with Crippen LogP contribution >= 0.6 is 0 Å². The Balaban J connectivity index is 2.88. The predicted molar refractivity (Wildman–Crippen MR) is 71.8 cm³/mol. The third-order valence-electron chi connectivity index (χ3n) is 2.49. The van der Waals surface area contributed by atoms with Crippen LogP contribution in [0.1, 0.15) is 24.2 Å². The third kappa shape index (κ3) is 3.63. The van der Waals surface area contributed by atoms with Gasteiger partial charge in [-0.25, -0.2) is 4.79 Å². The molecule has 18 heavy (non-hydrogen) atoms. The number of anilines is 2. The molecule has 1 rings (SSSR count). The van der Waals surface area contributed by atoms with Gasteiger partial charge in [-0.2, -0.15) is 0 Å². The molecule has 0 radical (unpaired) electrons. The van der Waals surface area contributed by atoms with E-state index in [9.17, 15) is 9.90 Å². The molecule has 100 valence electrons. The van der Waals surface area contributed by atoms with E-state index in [0.717, 1.165) is 5.69 Å². The van der Waals surface area contributed by atoms with Gasteiger partial charge in [-0.15, -0.1) is 0 Å². The van der Waals surface area contributed by atoms with E-state index < -0.39 is 6.10 Å². The lowest BCUT2D eigenvalue weighted by Gasteiger charge is -2.22. The Morgan fingerprint density at radius 3 is 2.72 bits per heavy atom. The lowest BCUT2D eigenvalue weighted by Crippen LogP contribution is -2.27. The summed E-state index contributed by atoms with van der Waals surface area (Å²) in [7, 11) is 1.84. The van der Waals surface area contributed by atoms with Crippen molar-refractivity contribution in [1.82, 2.24) is 0 Å². The zero-order valence-corrected chi connectivity index (χ0v) is 11.0. The average molecular weight is 252 g/mol. The number of rotatable bonds is 5. The summed E-state index contributed by atoms with van der Waals surface area (Å²) in [6.07, 6.45) is -0.445. The number of ether oxygens (including phenoxy) is 1. The van der Waals surface area contributed by atoms with Crippen molar-refractivity contribution in [2.45, 2.75) is 20.0 Å². The average Bonchev–Trinajstić information content (AvgIpc) is 2.28. The molecule has 0 amide bonds. The van der Waals surface area contributed by atoms with Gasteiger partial charge < -0.3 is 20.5 Å². The van der Waals surface area contributed by atoms with Gasteiger partial charge in [0.15, 0.2) is 0 Å². The number of likely N-dealkylation sites (N-methyl/N-ethyl adjacent to an activating group) is 1. The van der Waals surface area contributed by atoms with Gasteiger partial charge >= 0.3 is 5.97 Å². The highest BCUT2D eigenvalue weighted by atomic mass is 16.5. The van der Waals surface area contributed by atoms with Crippen LogP contribution in [0.2, 0.25) is 0 Å². The molecule has 0 spiro atoms. The fourth-order valence-corrected chi connectivity index (χ4v) is 1.74. The maximum atomic E-state index is 11.5. The Morgan fingerprint density at radius 1 is 1.56 bits per heavy atom. The van der Waals surface area contributed by atoms with Crippen LogP contribution in [0.5, 0.6) is 0 Å². The van der Waals surface area contributed by atoms with E-state index in [1.807, 2.05) is 11.9 Å². The minimum absolute atomic E-state index is 0.336. The number of aliphatic hydroxyl groups is 1. The number of nitrogens with zero attached hydrogens (tertiary/aromatic N) is 1. The van der Waals surface area contributed by atoms with Crippen molar-refractivity contribution < 1.29 is 14.6 Å². The minimum atomic E-state index is -0.445. The molecule has 0 fully saturated rings. The number of carbonyl (C=O) groups excluding carboxylic acids is 1. The van der Waals surface area contributed by atoms with Gasteiger partial charge in [0.2, 0.25) is 0 Å². The zero-order chi connectivity index (χ0) is 13.7. The van der Waals surface area contributed by atoms with Gasteiger partial charge in [-0.05, 0) is 32.0 Å². The molecule has 1 atom stereocenters. The van der Waals surface area contributed by atoms with E-state index in [1.54, 1.807) is 32.0 Å². The van der Waals surface area contributed by atoms with Crippen LogP contribution < -0.4 is 10.6 Å². The maximum absolute atomic E-state index is 11.5. The van der Waals surface area contributed by atoms with E-state index in [0.29, 0.717) is 24.4 Å². The minimum Gasteiger partial charge on any atom is -0.462 e. The normalized spacial score (nSPS) is 12.0. The van der Waals surface area contributed by atoms with Crippen molar-refractivity contribution in [3.63, 3.8) is 0 Å². The molecule has 0 bridgehead atoms. The lowest BCUT2D eigenvalue weighted by molar-refractivity contribution is 0.0526. The molecular formula is C13H20N2O3. The summed E-state index contributed by atoms with van der Waals surface area (Å²) in [4.78, 5) is 13.4. The first kappa shape index (κ1) is 14.3. The second kappa shape index (κ2) is 6.26. The molecule has 0 aromatic heterocycles. The molecule has 0 aliphatic carbocycles. The first-order chi connectivity index (χ1) is 8.45. The van der Waals surface area contributed by atoms with E-state index in [4.69, 9.17) is 10.5 Å². The summed E-state index contributed by atoms with van der Waals surface area (Å²) < 4.78 is 4.90. The Kier molecular flexibility index (Phi) is 4.97. The fraction of sp³-hybridized carbons (Fsp3) is 0.462. The first-order valence-corrected chi connectivity index (χ1v) is 5.91. The van der Waals surface area contributed by atoms with Crippen LogP contribution in [0.4, 0.5) is 11.4 Å². The van der Waals surface area contributed by atoms with Crippen LogP contribution in [-0.4, -0.2) is 37.4 Å². The summed E-state index contributed by atoms with van der Waals surface area (Å²) in [5.41, 5.74) is 7.61. The largest absolute Gasteiger partial charge is 0.462 e. The monoisotopic (exact) mass is 252 g/mol. The molecule has 5 heteroatoms. The molecule has 1 unspecified atom stereocenters. The number of nitrogens with two attached hydrogens (primary N) is 1. The molecule has 0 aliphatic rings. The molecule has 0 saturated heterocycles. The summed E-state index contributed by atoms with van der Waals surface area (Å²) in [6.45, 7) is 4.27. The Bertz CT molecular complexity index is 419. The second-order valence-electron chi connectivity index (χ2n) is 4.22. The number of hydrogen-bond donors (Lipinski definition) is 2. The smallest absolute Gasteiger partial charge is 0.338 e. The highest BCUT2D eigenvalue weighted by Crippen LogP contribution is 2.23. The number of nitrogen functional groups attached to an aromatic ring is 1. The van der Waals surface area contributed by atoms with E-state index >= 15 is 0 Å². The van der Waals surface area contributed by atoms with Crippen molar-refractivity contribution in [3.05, 3.63) is 23.8 Å². The maximum Gasteiger partial charge on any atom is 0.338 e. The van der Waals surface area contributed by atoms with Gasteiger partial charge in [0, 0.05) is 13.6 Å². The van der Waals surface area contributed by atoms with Crippen LogP contribution in [0.3, 0.4) is 0 Å². The van der Waals surface area contributed by atoms with E-state index in [2.05, 4.69) is 0 Å². The molecule has 3 N–H and O–H groups in total. The standard InChI is InChI=1S/C13H20N2O3/c1-4-18-13(17)10-5-6-12(11(14)7-10)15(3)8-9(2)16/h5-7,9,16H,4,8,14H2,1-3H3. The second-order valence-corrected chi connectivity index (χ2v) is 4.22. The number of benzene rings is 1. The number of carbonyl (C=O) groups is 1. The Hall–Kier alpha value is -1.75. The number of aliphatic hydroxyl groups excluding tert-OH is 1. The van der Waals surface area contributed by atoms with Crippen molar-refractivity contribution in [2.75, 3.05) is 30.8 Å². The Morgan fingerprint density at radius 2 is 2.22 bits per heavy atom. The first-order valence-electron chi connectivity index (χ1n) is 5.91. The molecule has 0 aliphatic heterocycles. The van der Waals surface area contributed by atoms with E-state index in [1.165, 1.54) is 0 Å².